The molecule has 0 aliphatic carbocycles. The monoisotopic (exact) mass is 446 g/mol. The fourth-order valence-corrected chi connectivity index (χ4v) is 3.70. The normalized spacial score (nSPS) is 27.2. The van der Waals surface area contributed by atoms with Gasteiger partial charge in [0.15, 0.2) is 11.3 Å². The van der Waals surface area contributed by atoms with Gasteiger partial charge in [-0.2, -0.15) is 0 Å². The van der Waals surface area contributed by atoms with Gasteiger partial charge in [-0.3, -0.25) is 24.0 Å². The van der Waals surface area contributed by atoms with Crippen molar-refractivity contribution in [1.82, 2.24) is 14.9 Å². The van der Waals surface area contributed by atoms with E-state index >= 15 is 0 Å². The maximum atomic E-state index is 12.8. The van der Waals surface area contributed by atoms with Crippen molar-refractivity contribution < 1.29 is 24.9 Å². The van der Waals surface area contributed by atoms with Gasteiger partial charge in [-0.25, -0.2) is 4.79 Å². The van der Waals surface area contributed by atoms with Crippen molar-refractivity contribution in [3.8, 4) is 0 Å². The summed E-state index contributed by atoms with van der Waals surface area (Å²) in [4.78, 5) is 40.7. The molecule has 162 valence electrons. The summed E-state index contributed by atoms with van der Waals surface area (Å²) < 4.78 is 6.22. The second-order valence-corrected chi connectivity index (χ2v) is 7.33. The van der Waals surface area contributed by atoms with E-state index in [-0.39, 0.29) is 16.4 Å². The Kier molecular flexibility index (Phi) is 5.56. The number of carbonyl (C=O) groups excluding carboxylic acids is 1. The van der Waals surface area contributed by atoms with E-state index in [9.17, 15) is 29.7 Å². The number of aliphatic hydroxyl groups excluding tert-OH is 3. The highest BCUT2D eigenvalue weighted by molar-refractivity contribution is 7.80. The summed E-state index contributed by atoms with van der Waals surface area (Å²) in [7, 11) is 0. The molecule has 1 amide bonds. The lowest BCUT2D eigenvalue weighted by Crippen LogP contribution is -2.38. The summed E-state index contributed by atoms with van der Waals surface area (Å²) in [5.74, 6) is -0.499. The summed E-state index contributed by atoms with van der Waals surface area (Å²) >= 11 is 5.22. The summed E-state index contributed by atoms with van der Waals surface area (Å²) in [6.45, 7) is -0.574. The molecule has 31 heavy (non-hydrogen) atoms. The first kappa shape index (κ1) is 21.1. The SMILES string of the molecule is O=C1/C(=C/c2cn([C@@H]3O[C@H](CO)[C@@H](O)[C@H]3O)c(=O)[nH]c2=O)NC(=S)N1c1ccccc1. The number of aromatic amines is 1. The molecule has 4 rings (SSSR count). The fraction of sp³-hybridized carbons (Fsp3) is 0.263. The number of aliphatic hydroxyl groups is 3. The molecule has 2 aliphatic heterocycles. The lowest BCUT2D eigenvalue weighted by Gasteiger charge is -2.17. The number of hydrogen-bond donors (Lipinski definition) is 5. The largest absolute Gasteiger partial charge is 0.394 e. The number of carbonyl (C=O) groups is 1. The van der Waals surface area contributed by atoms with E-state index < -0.39 is 48.3 Å². The molecule has 2 aromatic rings. The zero-order valence-corrected chi connectivity index (χ0v) is 16.7. The summed E-state index contributed by atoms with van der Waals surface area (Å²) in [6, 6.07) is 8.67. The van der Waals surface area contributed by atoms with E-state index in [1.165, 1.54) is 11.0 Å². The Morgan fingerprint density at radius 1 is 1.13 bits per heavy atom. The zero-order chi connectivity index (χ0) is 22.3. The molecule has 0 radical (unpaired) electrons. The van der Waals surface area contributed by atoms with Gasteiger partial charge in [0.05, 0.1) is 17.9 Å². The van der Waals surface area contributed by atoms with Crippen LogP contribution in [-0.2, 0) is 9.53 Å². The molecular weight excluding hydrogens is 428 g/mol. The van der Waals surface area contributed by atoms with Crippen LogP contribution in [0.4, 0.5) is 5.69 Å². The van der Waals surface area contributed by atoms with Crippen LogP contribution in [0.15, 0.2) is 51.8 Å². The average molecular weight is 446 g/mol. The van der Waals surface area contributed by atoms with Crippen LogP contribution >= 0.6 is 12.2 Å². The van der Waals surface area contributed by atoms with E-state index in [1.807, 2.05) is 0 Å². The van der Waals surface area contributed by atoms with Gasteiger partial charge in [0.25, 0.3) is 11.5 Å². The number of hydrogen-bond acceptors (Lipinski definition) is 8. The maximum Gasteiger partial charge on any atom is 0.330 e. The molecule has 0 unspecified atom stereocenters. The molecule has 4 atom stereocenters. The number of rotatable bonds is 4. The molecular formula is C19H18N4O7S. The van der Waals surface area contributed by atoms with Gasteiger partial charge in [0.1, 0.15) is 24.0 Å². The molecule has 1 aromatic heterocycles. The number of ether oxygens (including phenoxy) is 1. The minimum atomic E-state index is -1.52. The van der Waals surface area contributed by atoms with Crippen LogP contribution in [0.5, 0.6) is 0 Å². The van der Waals surface area contributed by atoms with E-state index in [4.69, 9.17) is 17.0 Å². The van der Waals surface area contributed by atoms with Crippen LogP contribution in [-0.4, -0.2) is 60.8 Å². The van der Waals surface area contributed by atoms with E-state index in [0.29, 0.717) is 5.69 Å². The highest BCUT2D eigenvalue weighted by Crippen LogP contribution is 2.28. The van der Waals surface area contributed by atoms with Crippen LogP contribution < -0.4 is 21.5 Å². The van der Waals surface area contributed by atoms with Gasteiger partial charge in [-0.15, -0.1) is 0 Å². The van der Waals surface area contributed by atoms with Gasteiger partial charge >= 0.3 is 5.69 Å². The van der Waals surface area contributed by atoms with Crippen molar-refractivity contribution in [3.05, 3.63) is 68.6 Å². The number of aromatic nitrogens is 2. The molecule has 2 saturated heterocycles. The Bertz CT molecular complexity index is 1180. The van der Waals surface area contributed by atoms with E-state index in [2.05, 4.69) is 10.3 Å². The second-order valence-electron chi connectivity index (χ2n) is 6.94. The highest BCUT2D eigenvalue weighted by Gasteiger charge is 2.44. The number of anilines is 1. The van der Waals surface area contributed by atoms with Gasteiger partial charge in [-0.05, 0) is 30.4 Å². The minimum Gasteiger partial charge on any atom is -0.394 e. The topological polar surface area (TPSA) is 157 Å². The van der Waals surface area contributed by atoms with Gasteiger partial charge in [0, 0.05) is 6.20 Å². The number of nitrogens with zero attached hydrogens (tertiary/aromatic N) is 2. The smallest absolute Gasteiger partial charge is 0.330 e. The number of benzene rings is 1. The first-order chi connectivity index (χ1) is 14.8. The first-order valence-corrected chi connectivity index (χ1v) is 9.62. The third kappa shape index (κ3) is 3.71. The van der Waals surface area contributed by atoms with Gasteiger partial charge in [-0.1, -0.05) is 18.2 Å². The van der Waals surface area contributed by atoms with Crippen molar-refractivity contribution >= 4 is 35.0 Å². The lowest BCUT2D eigenvalue weighted by atomic mass is 10.1. The van der Waals surface area contributed by atoms with Crippen molar-refractivity contribution in [3.63, 3.8) is 0 Å². The summed E-state index contributed by atoms with van der Waals surface area (Å²) in [5.41, 5.74) is -1.22. The number of H-pyrrole nitrogens is 1. The summed E-state index contributed by atoms with van der Waals surface area (Å²) in [5, 5.41) is 32.2. The van der Waals surface area contributed by atoms with Crippen molar-refractivity contribution in [2.24, 2.45) is 0 Å². The van der Waals surface area contributed by atoms with Crippen LogP contribution in [0, 0.1) is 0 Å². The Morgan fingerprint density at radius 3 is 2.48 bits per heavy atom. The predicted molar refractivity (Wildman–Crippen MR) is 112 cm³/mol. The molecule has 1 aromatic carbocycles. The number of para-hydroxylation sites is 1. The fourth-order valence-electron chi connectivity index (χ4n) is 3.40. The molecule has 2 fully saturated rings. The van der Waals surface area contributed by atoms with E-state index in [0.717, 1.165) is 10.8 Å². The predicted octanol–water partition coefficient (Wildman–Crippen LogP) is -1.59. The Labute approximate surface area is 179 Å². The quantitative estimate of drug-likeness (QED) is 0.276. The van der Waals surface area contributed by atoms with E-state index in [1.54, 1.807) is 30.3 Å². The lowest BCUT2D eigenvalue weighted by molar-refractivity contribution is -0.113. The minimum absolute atomic E-state index is 0.00529. The Hall–Kier alpha value is -3.16. The standard InChI is InChI=1S/C19H18N4O7S/c24-8-12-13(25)14(26)17(30-12)22-7-9(15(27)21-18(22)29)6-11-16(28)23(19(31)20-11)10-4-2-1-3-5-10/h1-7,12-14,17,24-26H,8H2,(H,20,31)(H,21,27,29)/b11-6-/t12-,13-,14-,17-/m1/s1. The highest BCUT2D eigenvalue weighted by atomic mass is 32.1. The first-order valence-electron chi connectivity index (χ1n) is 9.22. The number of thiocarbonyl (C=S) groups is 1. The Morgan fingerprint density at radius 2 is 1.84 bits per heavy atom. The molecule has 0 bridgehead atoms. The van der Waals surface area contributed by atoms with Crippen LogP contribution in [0.1, 0.15) is 11.8 Å². The van der Waals surface area contributed by atoms with Crippen LogP contribution in [0.2, 0.25) is 0 Å². The second kappa shape index (κ2) is 8.17. The maximum absolute atomic E-state index is 12.8. The Balaban J connectivity index is 1.70. The van der Waals surface area contributed by atoms with Crippen LogP contribution in [0.25, 0.3) is 6.08 Å². The zero-order valence-electron chi connectivity index (χ0n) is 15.8. The summed E-state index contributed by atoms with van der Waals surface area (Å²) in [6.07, 6.45) is -3.08. The van der Waals surface area contributed by atoms with Gasteiger partial charge < -0.3 is 25.4 Å². The molecule has 12 heteroatoms. The average Bonchev–Trinajstić information content (AvgIpc) is 3.19. The molecule has 0 saturated carbocycles. The number of nitrogens with one attached hydrogen (secondary N) is 2. The van der Waals surface area contributed by atoms with Crippen molar-refractivity contribution in [2.75, 3.05) is 11.5 Å². The third-order valence-electron chi connectivity index (χ3n) is 4.98. The molecule has 11 nitrogen and oxygen atoms in total. The van der Waals surface area contributed by atoms with Crippen molar-refractivity contribution in [2.45, 2.75) is 24.5 Å². The van der Waals surface area contributed by atoms with Crippen LogP contribution in [0.3, 0.4) is 0 Å². The van der Waals surface area contributed by atoms with Gasteiger partial charge in [0.2, 0.25) is 0 Å². The molecule has 2 aliphatic rings. The number of amides is 1. The molecule has 5 N–H and O–H groups in total. The molecule has 0 spiro atoms. The third-order valence-corrected chi connectivity index (χ3v) is 5.26. The molecule has 3 heterocycles. The van der Waals surface area contributed by atoms with Crippen molar-refractivity contribution in [1.29, 1.82) is 0 Å².